The molecule has 2 atom stereocenters. The van der Waals surface area contributed by atoms with Crippen molar-refractivity contribution in [2.75, 3.05) is 5.32 Å². The van der Waals surface area contributed by atoms with E-state index in [1.807, 2.05) is 12.4 Å². The Kier molecular flexibility index (Phi) is 8.06. The quantitative estimate of drug-likeness (QED) is 0.335. The van der Waals surface area contributed by atoms with Crippen molar-refractivity contribution in [3.8, 4) is 11.1 Å². The Labute approximate surface area is 222 Å². The zero-order chi connectivity index (χ0) is 26.7. The van der Waals surface area contributed by atoms with Crippen LogP contribution in [0.1, 0.15) is 77.0 Å². The number of aromatic nitrogens is 2. The van der Waals surface area contributed by atoms with E-state index in [1.54, 1.807) is 0 Å². The Hall–Kier alpha value is -3.53. The summed E-state index contributed by atoms with van der Waals surface area (Å²) in [6, 6.07) is 11.0. The molecule has 0 saturated heterocycles. The summed E-state index contributed by atoms with van der Waals surface area (Å²) in [6.45, 7) is 17.7. The number of hydrogen-bond acceptors (Lipinski definition) is 4. The van der Waals surface area contributed by atoms with Gasteiger partial charge >= 0.3 is 0 Å². The van der Waals surface area contributed by atoms with E-state index in [1.165, 1.54) is 39.0 Å². The van der Waals surface area contributed by atoms with Crippen LogP contribution >= 0.6 is 0 Å². The zero-order valence-electron chi connectivity index (χ0n) is 23.6. The van der Waals surface area contributed by atoms with Gasteiger partial charge in [-0.05, 0) is 80.4 Å². The maximum Gasteiger partial charge on any atom is 0.228 e. The highest BCUT2D eigenvalue weighted by Crippen LogP contribution is 2.35. The van der Waals surface area contributed by atoms with Crippen LogP contribution in [-0.4, -0.2) is 16.2 Å². The van der Waals surface area contributed by atoms with Crippen molar-refractivity contribution in [1.29, 1.82) is 0 Å². The Balaban J connectivity index is 1.71. The predicted molar refractivity (Wildman–Crippen MR) is 159 cm³/mol. The molecule has 0 saturated carbocycles. The fourth-order valence-corrected chi connectivity index (χ4v) is 5.16. The number of hydrogen-bond donors (Lipinski definition) is 1. The second-order valence-corrected chi connectivity index (χ2v) is 10.4. The minimum atomic E-state index is 0.304. The monoisotopic (exact) mass is 492 g/mol. The second kappa shape index (κ2) is 11.2. The number of aliphatic imine (C=N–C) groups is 1. The summed E-state index contributed by atoms with van der Waals surface area (Å²) in [6.07, 6.45) is 10.5. The molecule has 2 unspecified atom stereocenters. The van der Waals surface area contributed by atoms with Crippen molar-refractivity contribution in [2.45, 2.75) is 74.1 Å². The number of aryl methyl sites for hydroxylation is 2. The molecular weight excluding hydrogens is 452 g/mol. The highest BCUT2D eigenvalue weighted by Gasteiger charge is 2.16. The van der Waals surface area contributed by atoms with Gasteiger partial charge in [-0.25, -0.2) is 15.0 Å². The van der Waals surface area contributed by atoms with Crippen molar-refractivity contribution < 1.29 is 0 Å². The lowest BCUT2D eigenvalue weighted by Gasteiger charge is -2.19. The van der Waals surface area contributed by atoms with Gasteiger partial charge in [-0.3, -0.25) is 0 Å². The fraction of sp³-hybridized carbons (Fsp3) is 0.364. The Morgan fingerprint density at radius 3 is 2.46 bits per heavy atom. The van der Waals surface area contributed by atoms with Gasteiger partial charge in [0.15, 0.2) is 0 Å². The predicted octanol–water partition coefficient (Wildman–Crippen LogP) is 9.07. The van der Waals surface area contributed by atoms with Crippen molar-refractivity contribution in [1.82, 2.24) is 9.97 Å². The lowest BCUT2D eigenvalue weighted by atomic mass is 9.88. The van der Waals surface area contributed by atoms with E-state index in [0.717, 1.165) is 35.1 Å². The first-order chi connectivity index (χ1) is 17.7. The number of nitrogens with zero attached hydrogens (tertiary/aromatic N) is 3. The molecule has 192 valence electrons. The van der Waals surface area contributed by atoms with E-state index in [4.69, 9.17) is 4.98 Å². The number of para-hydroxylation sites is 1. The van der Waals surface area contributed by atoms with E-state index in [2.05, 4.69) is 113 Å². The van der Waals surface area contributed by atoms with E-state index in [9.17, 15) is 0 Å². The first kappa shape index (κ1) is 26.5. The molecule has 1 aliphatic heterocycles. The molecule has 2 heterocycles. The molecule has 1 aliphatic rings. The van der Waals surface area contributed by atoms with Gasteiger partial charge in [-0.2, -0.15) is 0 Å². The molecule has 4 heteroatoms. The normalized spacial score (nSPS) is 18.1. The smallest absolute Gasteiger partial charge is 0.228 e. The summed E-state index contributed by atoms with van der Waals surface area (Å²) in [5.41, 5.74) is 11.3. The highest BCUT2D eigenvalue weighted by atomic mass is 15.2. The molecule has 4 nitrogen and oxygen atoms in total. The van der Waals surface area contributed by atoms with Crippen LogP contribution in [0.25, 0.3) is 22.0 Å². The number of allylic oxidation sites excluding steroid dienone is 5. The number of benzene rings is 2. The average Bonchev–Trinajstić information content (AvgIpc) is 2.88. The van der Waals surface area contributed by atoms with Gasteiger partial charge < -0.3 is 5.32 Å². The van der Waals surface area contributed by atoms with E-state index in [-0.39, 0.29) is 0 Å². The molecule has 4 rings (SSSR count). The van der Waals surface area contributed by atoms with Crippen molar-refractivity contribution >= 4 is 23.1 Å². The summed E-state index contributed by atoms with van der Waals surface area (Å²) < 4.78 is 0. The minimum absolute atomic E-state index is 0.304. The van der Waals surface area contributed by atoms with Gasteiger partial charge in [0.25, 0.3) is 0 Å². The summed E-state index contributed by atoms with van der Waals surface area (Å²) in [4.78, 5) is 14.2. The highest BCUT2D eigenvalue weighted by molar-refractivity contribution is 5.95. The Bertz CT molecular complexity index is 1410. The molecule has 2 aromatic carbocycles. The average molecular weight is 493 g/mol. The van der Waals surface area contributed by atoms with Crippen LogP contribution in [0.15, 0.2) is 76.2 Å². The summed E-state index contributed by atoms with van der Waals surface area (Å²) in [7, 11) is 0. The number of fused-ring (bicyclic) bond motifs is 1. The maximum atomic E-state index is 4.97. The van der Waals surface area contributed by atoms with Crippen LogP contribution in [0.5, 0.6) is 0 Å². The maximum absolute atomic E-state index is 4.97. The summed E-state index contributed by atoms with van der Waals surface area (Å²) >= 11 is 0. The third-order valence-electron chi connectivity index (χ3n) is 7.56. The molecular formula is C33H40N4. The van der Waals surface area contributed by atoms with Crippen molar-refractivity contribution in [2.24, 2.45) is 10.9 Å². The molecule has 0 bridgehead atoms. The van der Waals surface area contributed by atoms with Gasteiger partial charge in [0, 0.05) is 29.3 Å². The Morgan fingerprint density at radius 1 is 1.08 bits per heavy atom. The number of anilines is 1. The molecule has 1 aromatic heterocycles. The molecule has 0 fully saturated rings. The Morgan fingerprint density at radius 2 is 1.81 bits per heavy atom. The number of rotatable bonds is 7. The molecule has 0 spiro atoms. The minimum Gasteiger partial charge on any atom is -0.309 e. The topological polar surface area (TPSA) is 50.2 Å². The summed E-state index contributed by atoms with van der Waals surface area (Å²) in [5.74, 6) is 2.05. The fourth-order valence-electron chi connectivity index (χ4n) is 5.16. The van der Waals surface area contributed by atoms with E-state index in [0.29, 0.717) is 17.8 Å². The SMILES string of the molecule is CC/C(C)=C1\C=NC(Nc2ncc3cccc(-c4c(C)cc(C(C)/C=C(\C)CC)cc4C)c3n2)=CC1C. The lowest BCUT2D eigenvalue weighted by molar-refractivity contribution is 0.851. The van der Waals surface area contributed by atoms with Gasteiger partial charge in [0.2, 0.25) is 5.95 Å². The third-order valence-corrected chi connectivity index (χ3v) is 7.56. The zero-order valence-corrected chi connectivity index (χ0v) is 23.6. The molecule has 0 radical (unpaired) electrons. The summed E-state index contributed by atoms with van der Waals surface area (Å²) in [5, 5.41) is 4.38. The van der Waals surface area contributed by atoms with Gasteiger partial charge in [0.05, 0.1) is 5.52 Å². The number of nitrogens with one attached hydrogen (secondary N) is 1. The van der Waals surface area contributed by atoms with Crippen LogP contribution < -0.4 is 5.32 Å². The van der Waals surface area contributed by atoms with Crippen LogP contribution in [0.4, 0.5) is 5.95 Å². The van der Waals surface area contributed by atoms with Gasteiger partial charge in [0.1, 0.15) is 5.82 Å². The first-order valence-corrected chi connectivity index (χ1v) is 13.5. The van der Waals surface area contributed by atoms with Gasteiger partial charge in [-0.15, -0.1) is 0 Å². The molecule has 0 amide bonds. The van der Waals surface area contributed by atoms with Crippen molar-refractivity contribution in [3.63, 3.8) is 0 Å². The standard InChI is InChI=1S/C33H40N4/c1-9-20(3)14-22(5)27-15-24(7)31(25(8)16-27)28-13-11-12-26-18-35-33(37-32(26)28)36-30-17-23(6)29(19-34-30)21(4)10-2/h11-19,22-23H,9-10H2,1-8H3,(H,35,36,37)/b20-14+,29-21+. The van der Waals surface area contributed by atoms with Gasteiger partial charge in [-0.1, -0.05) is 75.2 Å². The third kappa shape index (κ3) is 5.74. The molecule has 3 aromatic rings. The van der Waals surface area contributed by atoms with E-state index >= 15 is 0 Å². The molecule has 1 N–H and O–H groups in total. The molecule has 37 heavy (non-hydrogen) atoms. The van der Waals surface area contributed by atoms with Crippen LogP contribution in [0, 0.1) is 19.8 Å². The van der Waals surface area contributed by atoms with Crippen molar-refractivity contribution in [3.05, 3.63) is 87.9 Å². The van der Waals surface area contributed by atoms with Crippen LogP contribution in [0.3, 0.4) is 0 Å². The molecule has 0 aliphatic carbocycles. The second-order valence-electron chi connectivity index (χ2n) is 10.4. The largest absolute Gasteiger partial charge is 0.309 e. The lowest BCUT2D eigenvalue weighted by Crippen LogP contribution is -2.11. The van der Waals surface area contributed by atoms with E-state index < -0.39 is 0 Å². The van der Waals surface area contributed by atoms with Crippen LogP contribution in [-0.2, 0) is 0 Å². The van der Waals surface area contributed by atoms with Crippen LogP contribution in [0.2, 0.25) is 0 Å². The first-order valence-electron chi connectivity index (χ1n) is 13.5.